The molecule has 4 aromatic rings. The molecule has 0 saturated carbocycles. The summed E-state index contributed by atoms with van der Waals surface area (Å²) in [7, 11) is 0. The third-order valence-corrected chi connectivity index (χ3v) is 5.37. The Morgan fingerprint density at radius 3 is 2.17 bits per heavy atom. The van der Waals surface area contributed by atoms with Crippen LogP contribution in [0, 0.1) is 17.1 Å². The Labute approximate surface area is 202 Å². The molecule has 0 radical (unpaired) electrons. The lowest BCUT2D eigenvalue weighted by molar-refractivity contribution is -0.274. The van der Waals surface area contributed by atoms with E-state index in [2.05, 4.69) is 15.0 Å². The van der Waals surface area contributed by atoms with E-state index in [9.17, 15) is 32.7 Å². The van der Waals surface area contributed by atoms with Crippen molar-refractivity contribution >= 4 is 22.6 Å². The zero-order chi connectivity index (χ0) is 26.0. The highest BCUT2D eigenvalue weighted by Gasteiger charge is 2.31. The highest BCUT2D eigenvalue weighted by molar-refractivity contribution is 5.99. The van der Waals surface area contributed by atoms with Gasteiger partial charge in [-0.1, -0.05) is 36.4 Å². The average molecular weight is 495 g/mol. The zero-order valence-electron chi connectivity index (χ0n) is 18.6. The number of pyridine rings is 1. The first-order valence-electron chi connectivity index (χ1n) is 10.5. The molecule has 0 aliphatic heterocycles. The fourth-order valence-electron chi connectivity index (χ4n) is 3.65. The number of carboxylic acid groups (broad SMARTS) is 1. The first-order chi connectivity index (χ1) is 17.1. The number of carboxylic acids is 1. The highest BCUT2D eigenvalue weighted by Crippen LogP contribution is 2.35. The molecular weight excluding hydrogens is 478 g/mol. The van der Waals surface area contributed by atoms with Crippen LogP contribution in [0.4, 0.5) is 23.2 Å². The summed E-state index contributed by atoms with van der Waals surface area (Å²) in [5.74, 6) is -2.06. The van der Waals surface area contributed by atoms with Crippen LogP contribution in [0.3, 0.4) is 0 Å². The van der Waals surface area contributed by atoms with Crippen molar-refractivity contribution in [3.8, 4) is 34.2 Å². The molecule has 3 aromatic carbocycles. The number of aliphatic carboxylic acids is 1. The Hall–Kier alpha value is -4.65. The number of fused-ring (bicyclic) bond motifs is 1. The fourth-order valence-corrected chi connectivity index (χ4v) is 3.65. The predicted molar refractivity (Wildman–Crippen MR) is 125 cm³/mol. The number of ether oxygens (including phenoxy) is 1. The number of halogens is 4. The zero-order valence-corrected chi connectivity index (χ0v) is 18.6. The van der Waals surface area contributed by atoms with Crippen molar-refractivity contribution in [2.75, 3.05) is 5.32 Å². The van der Waals surface area contributed by atoms with Crippen molar-refractivity contribution in [3.63, 3.8) is 0 Å². The lowest BCUT2D eigenvalue weighted by Gasteiger charge is -2.17. The van der Waals surface area contributed by atoms with Crippen molar-refractivity contribution in [1.29, 1.82) is 5.26 Å². The van der Waals surface area contributed by atoms with Gasteiger partial charge in [0, 0.05) is 10.9 Å². The molecule has 0 bridgehead atoms. The molecule has 0 spiro atoms. The predicted octanol–water partition coefficient (Wildman–Crippen LogP) is 6.36. The van der Waals surface area contributed by atoms with Gasteiger partial charge in [-0.05, 0) is 48.4 Å². The molecule has 0 amide bonds. The second kappa shape index (κ2) is 9.54. The van der Waals surface area contributed by atoms with Crippen LogP contribution >= 0.6 is 0 Å². The van der Waals surface area contributed by atoms with Gasteiger partial charge < -0.3 is 15.2 Å². The molecule has 1 aromatic heterocycles. The quantitative estimate of drug-likeness (QED) is 0.302. The molecule has 4 rings (SSSR count). The van der Waals surface area contributed by atoms with Gasteiger partial charge in [0.1, 0.15) is 29.2 Å². The number of aromatic nitrogens is 1. The largest absolute Gasteiger partial charge is 0.573 e. The van der Waals surface area contributed by atoms with E-state index in [-0.39, 0.29) is 28.1 Å². The van der Waals surface area contributed by atoms with E-state index in [0.717, 1.165) is 0 Å². The monoisotopic (exact) mass is 495 g/mol. The first kappa shape index (κ1) is 24.5. The molecule has 0 fully saturated rings. The van der Waals surface area contributed by atoms with Crippen molar-refractivity contribution < 1.29 is 32.2 Å². The summed E-state index contributed by atoms with van der Waals surface area (Å²) >= 11 is 0. The summed E-state index contributed by atoms with van der Waals surface area (Å²) in [5, 5.41) is 22.3. The van der Waals surface area contributed by atoms with Crippen LogP contribution in [-0.2, 0) is 4.79 Å². The molecule has 10 heteroatoms. The van der Waals surface area contributed by atoms with E-state index in [1.54, 1.807) is 24.3 Å². The van der Waals surface area contributed by atoms with Gasteiger partial charge in [-0.15, -0.1) is 13.2 Å². The Bertz CT molecular complexity index is 1480. The minimum Gasteiger partial charge on any atom is -0.480 e. The summed E-state index contributed by atoms with van der Waals surface area (Å²) < 4.78 is 55.0. The SMILES string of the molecule is CC(Nc1c(C#N)c(-c2ccc(-c3ccc(OC(F)(F)F)cc3)cc2)nc2ccc(F)cc12)C(=O)O. The van der Waals surface area contributed by atoms with Gasteiger partial charge >= 0.3 is 12.3 Å². The molecule has 1 unspecified atom stereocenters. The Balaban J connectivity index is 1.75. The molecule has 6 nitrogen and oxygen atoms in total. The molecule has 0 aliphatic rings. The summed E-state index contributed by atoms with van der Waals surface area (Å²) in [6.45, 7) is 1.40. The number of alkyl halides is 3. The van der Waals surface area contributed by atoms with Gasteiger partial charge in [0.15, 0.2) is 0 Å². The number of hydrogen-bond donors (Lipinski definition) is 2. The molecule has 36 heavy (non-hydrogen) atoms. The van der Waals surface area contributed by atoms with Crippen LogP contribution in [0.15, 0.2) is 66.7 Å². The molecule has 0 aliphatic carbocycles. The second-order valence-corrected chi connectivity index (χ2v) is 7.84. The normalized spacial score (nSPS) is 12.1. The number of nitriles is 1. The van der Waals surface area contributed by atoms with Crippen LogP contribution in [0.25, 0.3) is 33.3 Å². The van der Waals surface area contributed by atoms with Crippen LogP contribution < -0.4 is 10.1 Å². The topological polar surface area (TPSA) is 95.2 Å². The van der Waals surface area contributed by atoms with Crippen LogP contribution in [0.1, 0.15) is 12.5 Å². The number of rotatable bonds is 6. The van der Waals surface area contributed by atoms with E-state index < -0.39 is 24.2 Å². The summed E-state index contributed by atoms with van der Waals surface area (Å²) in [5.41, 5.74) is 2.67. The van der Waals surface area contributed by atoms with Gasteiger partial charge in [-0.25, -0.2) is 9.37 Å². The second-order valence-electron chi connectivity index (χ2n) is 7.84. The molecule has 0 saturated heterocycles. The van der Waals surface area contributed by atoms with Crippen molar-refractivity contribution in [1.82, 2.24) is 4.98 Å². The lowest BCUT2D eigenvalue weighted by Crippen LogP contribution is -2.26. The summed E-state index contributed by atoms with van der Waals surface area (Å²) in [6, 6.07) is 17.0. The molecular formula is C26H17F4N3O3. The maximum absolute atomic E-state index is 14.0. The van der Waals surface area contributed by atoms with Crippen LogP contribution in [0.5, 0.6) is 5.75 Å². The first-order valence-corrected chi connectivity index (χ1v) is 10.5. The Kier molecular flexibility index (Phi) is 6.49. The standard InChI is InChI=1S/C26H17F4N3O3/c1-14(25(34)35)32-24-20-12-18(27)8-11-22(20)33-23(21(24)13-31)17-4-2-15(3-5-17)16-6-9-19(10-7-16)36-26(28,29)30/h2-12,14H,1H3,(H,32,33)(H,34,35). The number of nitrogens with zero attached hydrogens (tertiary/aromatic N) is 2. The van der Waals surface area contributed by atoms with Gasteiger partial charge in [-0.2, -0.15) is 5.26 Å². The molecule has 182 valence electrons. The van der Waals surface area contributed by atoms with E-state index in [1.165, 1.54) is 49.4 Å². The van der Waals surface area contributed by atoms with Gasteiger partial charge in [0.25, 0.3) is 0 Å². The molecule has 2 N–H and O–H groups in total. The lowest BCUT2D eigenvalue weighted by atomic mass is 9.98. The highest BCUT2D eigenvalue weighted by atomic mass is 19.4. The van der Waals surface area contributed by atoms with Crippen molar-refractivity contribution in [3.05, 3.63) is 78.1 Å². The third kappa shape index (κ3) is 5.20. The van der Waals surface area contributed by atoms with Crippen molar-refractivity contribution in [2.45, 2.75) is 19.3 Å². The Morgan fingerprint density at radius 1 is 1.03 bits per heavy atom. The van der Waals surface area contributed by atoms with Crippen LogP contribution in [0.2, 0.25) is 0 Å². The van der Waals surface area contributed by atoms with Gasteiger partial charge in [-0.3, -0.25) is 4.79 Å². The van der Waals surface area contributed by atoms with Gasteiger partial charge in [0.05, 0.1) is 16.9 Å². The van der Waals surface area contributed by atoms with E-state index >= 15 is 0 Å². The number of hydrogen-bond acceptors (Lipinski definition) is 5. The van der Waals surface area contributed by atoms with Crippen LogP contribution in [-0.4, -0.2) is 28.5 Å². The van der Waals surface area contributed by atoms with Crippen molar-refractivity contribution in [2.24, 2.45) is 0 Å². The number of anilines is 1. The maximum Gasteiger partial charge on any atom is 0.573 e. The minimum absolute atomic E-state index is 0.0441. The fraction of sp³-hybridized carbons (Fsp3) is 0.115. The molecule has 1 atom stereocenters. The number of carbonyl (C=O) groups is 1. The minimum atomic E-state index is -4.78. The van der Waals surface area contributed by atoms with E-state index in [4.69, 9.17) is 0 Å². The average Bonchev–Trinajstić information content (AvgIpc) is 2.83. The third-order valence-electron chi connectivity index (χ3n) is 5.37. The van der Waals surface area contributed by atoms with Gasteiger partial charge in [0.2, 0.25) is 0 Å². The number of nitrogens with one attached hydrogen (secondary N) is 1. The smallest absolute Gasteiger partial charge is 0.480 e. The summed E-state index contributed by atoms with van der Waals surface area (Å²) in [4.78, 5) is 15.9. The van der Waals surface area contributed by atoms with E-state index in [1.807, 2.05) is 6.07 Å². The van der Waals surface area contributed by atoms with E-state index in [0.29, 0.717) is 22.2 Å². The molecule has 1 heterocycles. The number of benzene rings is 3. The summed E-state index contributed by atoms with van der Waals surface area (Å²) in [6.07, 6.45) is -4.78. The maximum atomic E-state index is 14.0. The Morgan fingerprint density at radius 2 is 1.61 bits per heavy atom.